The molecule has 0 bridgehead atoms. The second-order valence-electron chi connectivity index (χ2n) is 9.98. The van der Waals surface area contributed by atoms with Gasteiger partial charge < -0.3 is 25.2 Å². The molecule has 1 fully saturated rings. The number of aromatic nitrogens is 1. The van der Waals surface area contributed by atoms with Crippen molar-refractivity contribution in [2.24, 2.45) is 0 Å². The minimum Gasteiger partial charge on any atom is -0.490 e. The van der Waals surface area contributed by atoms with Gasteiger partial charge in [-0.2, -0.15) is 0 Å². The number of pyridine rings is 1. The molecule has 1 heterocycles. The lowest BCUT2D eigenvalue weighted by atomic mass is 9.93. The normalized spacial score (nSPS) is 16.4. The summed E-state index contributed by atoms with van der Waals surface area (Å²) in [5.41, 5.74) is 1.92. The zero-order chi connectivity index (χ0) is 28.5. The number of ether oxygens (including phenoxy) is 2. The molecule has 3 N–H and O–H groups in total. The largest absolute Gasteiger partial charge is 0.490 e. The molecule has 2 aromatic carbocycles. The number of carboxylic acid groups (broad SMARTS) is 1. The van der Waals surface area contributed by atoms with Crippen molar-refractivity contribution < 1.29 is 29.0 Å². The molecule has 2 amide bonds. The summed E-state index contributed by atoms with van der Waals surface area (Å²) in [7, 11) is 0. The van der Waals surface area contributed by atoms with Crippen LogP contribution >= 0.6 is 0 Å². The number of anilines is 1. The summed E-state index contributed by atoms with van der Waals surface area (Å²) in [6, 6.07) is 17.2. The molecule has 0 unspecified atom stereocenters. The number of rotatable bonds is 10. The van der Waals surface area contributed by atoms with Crippen molar-refractivity contribution in [3.8, 4) is 17.4 Å². The first-order valence-corrected chi connectivity index (χ1v) is 13.2. The molecular weight excluding hydrogens is 510 g/mol. The van der Waals surface area contributed by atoms with E-state index in [1.54, 1.807) is 42.6 Å². The van der Waals surface area contributed by atoms with Gasteiger partial charge in [0.1, 0.15) is 11.5 Å². The number of benzene rings is 2. The van der Waals surface area contributed by atoms with Crippen LogP contribution in [-0.4, -0.2) is 40.0 Å². The van der Waals surface area contributed by atoms with Crippen LogP contribution in [0.3, 0.4) is 0 Å². The lowest BCUT2D eigenvalue weighted by molar-refractivity contribution is -0.117. The van der Waals surface area contributed by atoms with Gasteiger partial charge in [-0.1, -0.05) is 23.8 Å². The van der Waals surface area contributed by atoms with Crippen molar-refractivity contribution >= 4 is 23.5 Å². The molecule has 1 aliphatic rings. The second-order valence-corrected chi connectivity index (χ2v) is 9.98. The van der Waals surface area contributed by atoms with Crippen LogP contribution in [0, 0.1) is 0 Å². The molecule has 0 atom stereocenters. The van der Waals surface area contributed by atoms with Crippen LogP contribution in [-0.2, 0) is 16.0 Å². The molecule has 1 aromatic heterocycles. The van der Waals surface area contributed by atoms with Crippen molar-refractivity contribution in [3.05, 3.63) is 89.6 Å². The molecule has 9 nitrogen and oxygen atoms in total. The van der Waals surface area contributed by atoms with Gasteiger partial charge in [-0.3, -0.25) is 9.59 Å². The standard InChI is InChI=1S/C31H33N3O6/c1-20(2)17-28(35)33-22-8-10-23(11-9-22)39-24-12-14-25(15-13-24)40-30-16-7-21(19-32-30)18-29(36)34-27-6-4-3-5-26(27)31(37)38/h3-7,12-17,19,22-23H,8-11,18H2,1-2H3,(H,33,35)(H,34,36)(H,37,38). The number of allylic oxidation sites excluding steroid dienone is 1. The highest BCUT2D eigenvalue weighted by molar-refractivity contribution is 6.01. The SMILES string of the molecule is CC(C)=CC(=O)NC1CCC(Oc2ccc(Oc3ccc(CC(=O)Nc4ccccc4C(=O)O)cn3)cc2)CC1. The summed E-state index contributed by atoms with van der Waals surface area (Å²) in [5.74, 6) is 0.241. The Bertz CT molecular complexity index is 1360. The maximum absolute atomic E-state index is 12.4. The average Bonchev–Trinajstić information content (AvgIpc) is 2.92. The first-order valence-electron chi connectivity index (χ1n) is 13.2. The molecule has 1 aliphatic carbocycles. The number of hydrogen-bond donors (Lipinski definition) is 3. The lowest BCUT2D eigenvalue weighted by Crippen LogP contribution is -2.39. The summed E-state index contributed by atoms with van der Waals surface area (Å²) in [5, 5.41) is 15.0. The fraction of sp³-hybridized carbons (Fsp3) is 0.290. The van der Waals surface area contributed by atoms with Gasteiger partial charge in [-0.05, 0) is 81.5 Å². The van der Waals surface area contributed by atoms with Crippen LogP contribution in [0.4, 0.5) is 5.69 Å². The van der Waals surface area contributed by atoms with Crippen LogP contribution in [0.25, 0.3) is 0 Å². The van der Waals surface area contributed by atoms with Crippen LogP contribution < -0.4 is 20.1 Å². The van der Waals surface area contributed by atoms with E-state index in [4.69, 9.17) is 9.47 Å². The number of amides is 2. The van der Waals surface area contributed by atoms with Gasteiger partial charge in [0.15, 0.2) is 0 Å². The topological polar surface area (TPSA) is 127 Å². The minimum absolute atomic E-state index is 0.0298. The Morgan fingerprint density at radius 2 is 1.65 bits per heavy atom. The Morgan fingerprint density at radius 3 is 2.30 bits per heavy atom. The van der Waals surface area contributed by atoms with E-state index in [1.165, 1.54) is 6.07 Å². The van der Waals surface area contributed by atoms with E-state index in [0.717, 1.165) is 37.0 Å². The number of carbonyl (C=O) groups is 3. The maximum atomic E-state index is 12.4. The fourth-order valence-corrected chi connectivity index (χ4v) is 4.46. The summed E-state index contributed by atoms with van der Waals surface area (Å²) < 4.78 is 11.9. The first-order chi connectivity index (χ1) is 19.2. The Kier molecular flexibility index (Phi) is 9.51. The van der Waals surface area contributed by atoms with Crippen molar-refractivity contribution in [3.63, 3.8) is 0 Å². The number of nitrogens with zero attached hydrogens (tertiary/aromatic N) is 1. The highest BCUT2D eigenvalue weighted by Gasteiger charge is 2.23. The average molecular weight is 544 g/mol. The van der Waals surface area contributed by atoms with Gasteiger partial charge in [-0.15, -0.1) is 0 Å². The van der Waals surface area contributed by atoms with Gasteiger partial charge >= 0.3 is 5.97 Å². The number of hydrogen-bond acceptors (Lipinski definition) is 6. The second kappa shape index (κ2) is 13.4. The van der Waals surface area contributed by atoms with E-state index >= 15 is 0 Å². The molecule has 3 aromatic rings. The fourth-order valence-electron chi connectivity index (χ4n) is 4.46. The highest BCUT2D eigenvalue weighted by Crippen LogP contribution is 2.27. The number of nitrogens with one attached hydrogen (secondary N) is 2. The van der Waals surface area contributed by atoms with E-state index in [-0.39, 0.29) is 41.6 Å². The van der Waals surface area contributed by atoms with E-state index in [1.807, 2.05) is 38.1 Å². The summed E-state index contributed by atoms with van der Waals surface area (Å²) in [6.07, 6.45) is 6.83. The third-order valence-corrected chi connectivity index (χ3v) is 6.38. The van der Waals surface area contributed by atoms with Gasteiger partial charge in [-0.25, -0.2) is 9.78 Å². The summed E-state index contributed by atoms with van der Waals surface area (Å²) >= 11 is 0. The Hall–Kier alpha value is -4.66. The zero-order valence-corrected chi connectivity index (χ0v) is 22.6. The van der Waals surface area contributed by atoms with Crippen LogP contribution in [0.2, 0.25) is 0 Å². The zero-order valence-electron chi connectivity index (χ0n) is 22.6. The van der Waals surface area contributed by atoms with E-state index in [0.29, 0.717) is 17.2 Å². The third-order valence-electron chi connectivity index (χ3n) is 6.38. The number of carboxylic acids is 1. The van der Waals surface area contributed by atoms with Gasteiger partial charge in [0.2, 0.25) is 17.7 Å². The predicted molar refractivity (Wildman–Crippen MR) is 151 cm³/mol. The predicted octanol–water partition coefficient (Wildman–Crippen LogP) is 5.53. The van der Waals surface area contributed by atoms with E-state index in [2.05, 4.69) is 15.6 Å². The number of carbonyl (C=O) groups excluding carboxylic acids is 2. The molecular formula is C31H33N3O6. The Morgan fingerprint density at radius 1 is 0.950 bits per heavy atom. The molecule has 0 radical (unpaired) electrons. The molecule has 4 rings (SSSR count). The monoisotopic (exact) mass is 543 g/mol. The van der Waals surface area contributed by atoms with Gasteiger partial charge in [0.25, 0.3) is 0 Å². The Balaban J connectivity index is 1.23. The number of aromatic carboxylic acids is 1. The van der Waals surface area contributed by atoms with Crippen molar-refractivity contribution in [2.45, 2.75) is 58.1 Å². The first kappa shape index (κ1) is 28.4. The minimum atomic E-state index is -1.11. The van der Waals surface area contributed by atoms with Crippen molar-refractivity contribution in [1.29, 1.82) is 0 Å². The quantitative estimate of drug-likeness (QED) is 0.287. The smallest absolute Gasteiger partial charge is 0.337 e. The molecule has 0 aliphatic heterocycles. The van der Waals surface area contributed by atoms with Crippen LogP contribution in [0.1, 0.15) is 55.5 Å². The third kappa shape index (κ3) is 8.42. The van der Waals surface area contributed by atoms with Crippen LogP contribution in [0.15, 0.2) is 78.5 Å². The summed E-state index contributed by atoms with van der Waals surface area (Å²) in [4.78, 5) is 40.0. The molecule has 0 spiro atoms. The van der Waals surface area contributed by atoms with Crippen molar-refractivity contribution in [1.82, 2.24) is 10.3 Å². The Labute approximate surface area is 233 Å². The molecule has 9 heteroatoms. The van der Waals surface area contributed by atoms with Crippen LogP contribution in [0.5, 0.6) is 17.4 Å². The van der Waals surface area contributed by atoms with E-state index in [9.17, 15) is 19.5 Å². The highest BCUT2D eigenvalue weighted by atomic mass is 16.5. The lowest BCUT2D eigenvalue weighted by Gasteiger charge is -2.29. The molecule has 40 heavy (non-hydrogen) atoms. The van der Waals surface area contributed by atoms with Gasteiger partial charge in [0, 0.05) is 24.4 Å². The molecule has 0 saturated heterocycles. The molecule has 1 saturated carbocycles. The van der Waals surface area contributed by atoms with E-state index < -0.39 is 5.97 Å². The number of para-hydroxylation sites is 1. The van der Waals surface area contributed by atoms with Crippen molar-refractivity contribution in [2.75, 3.05) is 5.32 Å². The summed E-state index contributed by atoms with van der Waals surface area (Å²) in [6.45, 7) is 3.82. The maximum Gasteiger partial charge on any atom is 0.337 e. The van der Waals surface area contributed by atoms with Gasteiger partial charge in [0.05, 0.1) is 23.8 Å². The molecule has 208 valence electrons.